The molecule has 0 aromatic heterocycles. The van der Waals surface area contributed by atoms with Gasteiger partial charge in [0.25, 0.3) is 0 Å². The number of esters is 1. The van der Waals surface area contributed by atoms with Crippen LogP contribution in [0.1, 0.15) is 46.0 Å². The summed E-state index contributed by atoms with van der Waals surface area (Å²) in [5.74, 6) is 0.548. The third kappa shape index (κ3) is 4.40. The van der Waals surface area contributed by atoms with E-state index in [1.807, 2.05) is 6.92 Å². The maximum absolute atomic E-state index is 12.2. The first kappa shape index (κ1) is 15.8. The van der Waals surface area contributed by atoms with E-state index < -0.39 is 5.54 Å². The van der Waals surface area contributed by atoms with Crippen molar-refractivity contribution in [2.75, 3.05) is 19.7 Å². The van der Waals surface area contributed by atoms with Crippen molar-refractivity contribution in [2.45, 2.75) is 51.5 Å². The van der Waals surface area contributed by atoms with Crippen LogP contribution in [-0.4, -0.2) is 31.2 Å². The third-order valence-corrected chi connectivity index (χ3v) is 3.94. The Bertz CT molecular complexity index is 332. The molecule has 6 nitrogen and oxygen atoms in total. The fraction of sp³-hybridized carbons (Fsp3) is 0.923. The van der Waals surface area contributed by atoms with Crippen LogP contribution < -0.4 is 5.32 Å². The summed E-state index contributed by atoms with van der Waals surface area (Å²) >= 11 is 0. The van der Waals surface area contributed by atoms with Gasteiger partial charge in [-0.1, -0.05) is 18.5 Å². The highest BCUT2D eigenvalue weighted by Crippen LogP contribution is 2.34. The van der Waals surface area contributed by atoms with Crippen molar-refractivity contribution in [3.05, 3.63) is 10.4 Å². The van der Waals surface area contributed by atoms with E-state index in [9.17, 15) is 4.79 Å². The van der Waals surface area contributed by atoms with Gasteiger partial charge < -0.3 is 10.1 Å². The SMILES string of the molecule is CCOC(=O)C1(NCCN=[N+]=[N-])CCC(CC)CC1. The molecule has 0 atom stereocenters. The van der Waals surface area contributed by atoms with Gasteiger partial charge in [-0.05, 0) is 44.1 Å². The molecule has 108 valence electrons. The van der Waals surface area contributed by atoms with Gasteiger partial charge in [0.15, 0.2) is 0 Å². The summed E-state index contributed by atoms with van der Waals surface area (Å²) in [5.41, 5.74) is 7.69. The molecule has 0 heterocycles. The van der Waals surface area contributed by atoms with E-state index in [-0.39, 0.29) is 5.97 Å². The highest BCUT2D eigenvalue weighted by Gasteiger charge is 2.42. The highest BCUT2D eigenvalue weighted by molar-refractivity contribution is 5.81. The van der Waals surface area contributed by atoms with Gasteiger partial charge in [-0.15, -0.1) is 0 Å². The quantitative estimate of drug-likeness (QED) is 0.253. The lowest BCUT2D eigenvalue weighted by Gasteiger charge is -2.38. The Morgan fingerprint density at radius 3 is 2.68 bits per heavy atom. The summed E-state index contributed by atoms with van der Waals surface area (Å²) in [5, 5.41) is 6.75. The molecule has 0 aromatic rings. The zero-order valence-electron chi connectivity index (χ0n) is 11.9. The fourth-order valence-electron chi connectivity index (χ4n) is 2.69. The van der Waals surface area contributed by atoms with Gasteiger partial charge in [-0.2, -0.15) is 0 Å². The van der Waals surface area contributed by atoms with Crippen LogP contribution in [0.2, 0.25) is 0 Å². The summed E-state index contributed by atoms with van der Waals surface area (Å²) in [6.45, 7) is 5.28. The van der Waals surface area contributed by atoms with Crippen molar-refractivity contribution in [3.63, 3.8) is 0 Å². The first-order chi connectivity index (χ1) is 9.18. The summed E-state index contributed by atoms with van der Waals surface area (Å²) in [4.78, 5) is 14.9. The van der Waals surface area contributed by atoms with Crippen LogP contribution >= 0.6 is 0 Å². The Hall–Kier alpha value is -1.26. The van der Waals surface area contributed by atoms with E-state index in [1.165, 1.54) is 0 Å². The first-order valence-electron chi connectivity index (χ1n) is 7.11. The molecule has 1 aliphatic rings. The van der Waals surface area contributed by atoms with Crippen molar-refractivity contribution in [3.8, 4) is 0 Å². The van der Waals surface area contributed by atoms with Crippen LogP contribution in [0.3, 0.4) is 0 Å². The van der Waals surface area contributed by atoms with Crippen molar-refractivity contribution in [1.82, 2.24) is 5.32 Å². The molecule has 0 radical (unpaired) electrons. The summed E-state index contributed by atoms with van der Waals surface area (Å²) in [7, 11) is 0. The second-order valence-electron chi connectivity index (χ2n) is 5.04. The Morgan fingerprint density at radius 2 is 2.16 bits per heavy atom. The van der Waals surface area contributed by atoms with Crippen LogP contribution in [0, 0.1) is 5.92 Å². The molecule has 1 rings (SSSR count). The lowest BCUT2D eigenvalue weighted by molar-refractivity contribution is -0.153. The molecule has 0 saturated heterocycles. The van der Waals surface area contributed by atoms with E-state index in [4.69, 9.17) is 10.3 Å². The summed E-state index contributed by atoms with van der Waals surface area (Å²) < 4.78 is 5.21. The Morgan fingerprint density at radius 1 is 1.47 bits per heavy atom. The first-order valence-corrected chi connectivity index (χ1v) is 7.11. The minimum absolute atomic E-state index is 0.162. The van der Waals surface area contributed by atoms with Crippen molar-refractivity contribution < 1.29 is 9.53 Å². The molecule has 0 aromatic carbocycles. The van der Waals surface area contributed by atoms with Gasteiger partial charge in [0, 0.05) is 18.0 Å². The van der Waals surface area contributed by atoms with E-state index in [2.05, 4.69) is 22.3 Å². The number of hydrogen-bond acceptors (Lipinski definition) is 4. The molecule has 0 spiro atoms. The zero-order chi connectivity index (χ0) is 14.1. The number of carbonyl (C=O) groups excluding carboxylic acids is 1. The molecule has 0 amide bonds. The van der Waals surface area contributed by atoms with E-state index in [0.717, 1.165) is 32.1 Å². The molecule has 0 bridgehead atoms. The molecule has 1 N–H and O–H groups in total. The summed E-state index contributed by atoms with van der Waals surface area (Å²) in [6.07, 6.45) is 4.87. The van der Waals surface area contributed by atoms with Crippen LogP contribution in [0.4, 0.5) is 0 Å². The van der Waals surface area contributed by atoms with Gasteiger partial charge in [0.05, 0.1) is 6.61 Å². The van der Waals surface area contributed by atoms with Gasteiger partial charge >= 0.3 is 5.97 Å². The monoisotopic (exact) mass is 268 g/mol. The minimum atomic E-state index is -0.577. The lowest BCUT2D eigenvalue weighted by atomic mass is 9.75. The van der Waals surface area contributed by atoms with Crippen molar-refractivity contribution in [2.24, 2.45) is 11.0 Å². The van der Waals surface area contributed by atoms with Crippen molar-refractivity contribution >= 4 is 5.97 Å². The second kappa shape index (κ2) is 8.02. The van der Waals surface area contributed by atoms with E-state index in [1.54, 1.807) is 0 Å². The smallest absolute Gasteiger partial charge is 0.326 e. The Labute approximate surface area is 114 Å². The van der Waals surface area contributed by atoms with Gasteiger partial charge in [-0.25, -0.2) is 0 Å². The highest BCUT2D eigenvalue weighted by atomic mass is 16.5. The molecule has 0 aliphatic heterocycles. The van der Waals surface area contributed by atoms with Crippen molar-refractivity contribution in [1.29, 1.82) is 0 Å². The average molecular weight is 268 g/mol. The topological polar surface area (TPSA) is 87.1 Å². The number of ether oxygens (including phenoxy) is 1. The lowest BCUT2D eigenvalue weighted by Crippen LogP contribution is -2.55. The number of azide groups is 1. The molecular formula is C13H24N4O2. The van der Waals surface area contributed by atoms with Crippen LogP contribution in [-0.2, 0) is 9.53 Å². The number of rotatable bonds is 7. The largest absolute Gasteiger partial charge is 0.465 e. The Balaban J connectivity index is 2.63. The van der Waals surface area contributed by atoms with Gasteiger partial charge in [0.1, 0.15) is 5.54 Å². The number of nitrogens with zero attached hydrogens (tertiary/aromatic N) is 3. The predicted molar refractivity (Wildman–Crippen MR) is 73.6 cm³/mol. The summed E-state index contributed by atoms with van der Waals surface area (Å²) in [6, 6.07) is 0. The second-order valence-corrected chi connectivity index (χ2v) is 5.04. The Kier molecular flexibility index (Phi) is 6.67. The number of hydrogen-bond donors (Lipinski definition) is 1. The van der Waals surface area contributed by atoms with Crippen LogP contribution in [0.25, 0.3) is 10.4 Å². The fourth-order valence-corrected chi connectivity index (χ4v) is 2.69. The zero-order valence-corrected chi connectivity index (χ0v) is 11.9. The molecule has 6 heteroatoms. The van der Waals surface area contributed by atoms with Gasteiger partial charge in [0.2, 0.25) is 0 Å². The minimum Gasteiger partial charge on any atom is -0.465 e. The predicted octanol–water partition coefficient (Wildman–Crippen LogP) is 2.79. The number of carbonyl (C=O) groups is 1. The van der Waals surface area contributed by atoms with Gasteiger partial charge in [-0.3, -0.25) is 4.79 Å². The maximum Gasteiger partial charge on any atom is 0.326 e. The van der Waals surface area contributed by atoms with Crippen LogP contribution in [0.5, 0.6) is 0 Å². The maximum atomic E-state index is 12.2. The van der Waals surface area contributed by atoms with E-state index in [0.29, 0.717) is 25.6 Å². The number of nitrogens with one attached hydrogen (secondary N) is 1. The molecule has 19 heavy (non-hydrogen) atoms. The molecule has 1 aliphatic carbocycles. The normalized spacial score (nSPS) is 26.5. The molecule has 0 unspecified atom stereocenters. The molecular weight excluding hydrogens is 244 g/mol. The van der Waals surface area contributed by atoms with Crippen LogP contribution in [0.15, 0.2) is 5.11 Å². The third-order valence-electron chi connectivity index (χ3n) is 3.94. The van der Waals surface area contributed by atoms with E-state index >= 15 is 0 Å². The average Bonchev–Trinajstić information content (AvgIpc) is 2.44. The molecule has 1 saturated carbocycles. The molecule has 1 fully saturated rings. The standard InChI is InChI=1S/C13H24N4O2/c1-3-11-5-7-13(8-6-11,12(18)19-4-2)15-9-10-16-17-14/h11,15H,3-10H2,1-2H3.